The highest BCUT2D eigenvalue weighted by Gasteiger charge is 2.24. The molecule has 4 nitrogen and oxygen atoms in total. The van der Waals surface area contributed by atoms with Gasteiger partial charge in [0.2, 0.25) is 0 Å². The monoisotopic (exact) mass is 228 g/mol. The van der Waals surface area contributed by atoms with Gasteiger partial charge in [-0.05, 0) is 30.9 Å². The first-order valence-electron chi connectivity index (χ1n) is 5.97. The summed E-state index contributed by atoms with van der Waals surface area (Å²) in [4.78, 5) is 11.1. The average Bonchev–Trinajstić information content (AvgIpc) is 3.12. The summed E-state index contributed by atoms with van der Waals surface area (Å²) in [6.07, 6.45) is 2.65. The molecule has 0 spiro atoms. The van der Waals surface area contributed by atoms with Gasteiger partial charge in [0.25, 0.3) is 0 Å². The first-order chi connectivity index (χ1) is 8.24. The Hall–Kier alpha value is -1.84. The van der Waals surface area contributed by atoms with Crippen molar-refractivity contribution < 1.29 is 0 Å². The van der Waals surface area contributed by atoms with E-state index in [0.717, 1.165) is 29.3 Å². The Morgan fingerprint density at radius 3 is 2.53 bits per heavy atom. The van der Waals surface area contributed by atoms with Crippen LogP contribution in [0, 0.1) is 5.92 Å². The van der Waals surface area contributed by atoms with Gasteiger partial charge in [0.05, 0.1) is 11.0 Å². The van der Waals surface area contributed by atoms with E-state index in [9.17, 15) is 0 Å². The smallest absolute Gasteiger partial charge is 0.171 e. The molecule has 88 valence electrons. The predicted octanol–water partition coefficient (Wildman–Crippen LogP) is 2.06. The fraction of sp³-hybridized carbons (Fsp3) is 0.385. The van der Waals surface area contributed by atoms with Gasteiger partial charge < -0.3 is 10.6 Å². The SMILES string of the molecule is CN(CC1CC1)c1nc2ccccc2nc1N. The number of rotatable bonds is 3. The number of aromatic nitrogens is 2. The van der Waals surface area contributed by atoms with E-state index in [1.54, 1.807) is 0 Å². The Balaban J connectivity index is 1.99. The van der Waals surface area contributed by atoms with Crippen molar-refractivity contribution in [1.29, 1.82) is 0 Å². The maximum atomic E-state index is 5.97. The zero-order valence-corrected chi connectivity index (χ0v) is 9.93. The summed E-state index contributed by atoms with van der Waals surface area (Å²) in [5, 5.41) is 0. The fourth-order valence-electron chi connectivity index (χ4n) is 2.06. The maximum absolute atomic E-state index is 5.97. The van der Waals surface area contributed by atoms with Crippen LogP contribution in [0.5, 0.6) is 0 Å². The molecule has 0 aliphatic heterocycles. The molecule has 1 saturated carbocycles. The Morgan fingerprint density at radius 2 is 1.88 bits per heavy atom. The summed E-state index contributed by atoms with van der Waals surface area (Å²) in [7, 11) is 2.04. The molecule has 0 bridgehead atoms. The molecule has 2 N–H and O–H groups in total. The topological polar surface area (TPSA) is 55.0 Å². The van der Waals surface area contributed by atoms with Crippen molar-refractivity contribution in [2.24, 2.45) is 5.92 Å². The number of nitrogen functional groups attached to an aromatic ring is 1. The summed E-state index contributed by atoms with van der Waals surface area (Å²) in [5.41, 5.74) is 7.73. The lowest BCUT2D eigenvalue weighted by molar-refractivity contribution is 0.778. The van der Waals surface area contributed by atoms with Gasteiger partial charge in [0, 0.05) is 13.6 Å². The molecule has 0 atom stereocenters. The predicted molar refractivity (Wildman–Crippen MR) is 69.9 cm³/mol. The molecule has 0 saturated heterocycles. The van der Waals surface area contributed by atoms with Gasteiger partial charge in [-0.25, -0.2) is 9.97 Å². The zero-order chi connectivity index (χ0) is 11.8. The molecule has 2 aromatic rings. The summed E-state index contributed by atoms with van der Waals surface area (Å²) in [6, 6.07) is 7.82. The molecule has 1 aliphatic rings. The van der Waals surface area contributed by atoms with Crippen LogP contribution < -0.4 is 10.6 Å². The van der Waals surface area contributed by atoms with Gasteiger partial charge in [0.15, 0.2) is 11.6 Å². The second-order valence-electron chi connectivity index (χ2n) is 4.75. The summed E-state index contributed by atoms with van der Waals surface area (Å²) in [5.74, 6) is 2.13. The van der Waals surface area contributed by atoms with E-state index in [1.807, 2.05) is 31.3 Å². The van der Waals surface area contributed by atoms with Crippen molar-refractivity contribution in [3.05, 3.63) is 24.3 Å². The second-order valence-corrected chi connectivity index (χ2v) is 4.75. The third-order valence-corrected chi connectivity index (χ3v) is 3.17. The molecule has 1 aromatic carbocycles. The highest BCUT2D eigenvalue weighted by atomic mass is 15.2. The number of fused-ring (bicyclic) bond motifs is 1. The largest absolute Gasteiger partial charge is 0.381 e. The third-order valence-electron chi connectivity index (χ3n) is 3.17. The molecule has 0 amide bonds. The van der Waals surface area contributed by atoms with Crippen molar-refractivity contribution in [2.75, 3.05) is 24.2 Å². The number of nitrogens with two attached hydrogens (primary N) is 1. The van der Waals surface area contributed by atoms with Gasteiger partial charge in [0.1, 0.15) is 0 Å². The molecule has 4 heteroatoms. The molecular weight excluding hydrogens is 212 g/mol. The molecule has 0 radical (unpaired) electrons. The minimum Gasteiger partial charge on any atom is -0.381 e. The van der Waals surface area contributed by atoms with Gasteiger partial charge in [-0.3, -0.25) is 0 Å². The van der Waals surface area contributed by atoms with Crippen molar-refractivity contribution >= 4 is 22.7 Å². The standard InChI is InChI=1S/C13H16N4/c1-17(8-9-6-7-9)13-12(14)15-10-4-2-3-5-11(10)16-13/h2-5,9H,6-8H2,1H3,(H2,14,15). The first-order valence-corrected chi connectivity index (χ1v) is 5.97. The van der Waals surface area contributed by atoms with E-state index in [1.165, 1.54) is 12.8 Å². The van der Waals surface area contributed by atoms with Gasteiger partial charge in [-0.2, -0.15) is 0 Å². The molecule has 17 heavy (non-hydrogen) atoms. The van der Waals surface area contributed by atoms with E-state index in [4.69, 9.17) is 5.73 Å². The van der Waals surface area contributed by atoms with Crippen molar-refractivity contribution in [1.82, 2.24) is 9.97 Å². The summed E-state index contributed by atoms with van der Waals surface area (Å²) >= 11 is 0. The number of hydrogen-bond acceptors (Lipinski definition) is 4. The minimum atomic E-state index is 0.520. The minimum absolute atomic E-state index is 0.520. The molecule has 1 aliphatic carbocycles. The Bertz CT molecular complexity index is 548. The number of nitrogens with zero attached hydrogens (tertiary/aromatic N) is 3. The molecule has 1 heterocycles. The zero-order valence-electron chi connectivity index (χ0n) is 9.93. The first kappa shape index (κ1) is 10.3. The van der Waals surface area contributed by atoms with E-state index in [-0.39, 0.29) is 0 Å². The summed E-state index contributed by atoms with van der Waals surface area (Å²) < 4.78 is 0. The Labute approximate surface area is 100 Å². The van der Waals surface area contributed by atoms with Crippen LogP contribution in [-0.2, 0) is 0 Å². The van der Waals surface area contributed by atoms with E-state index in [0.29, 0.717) is 5.82 Å². The molecule has 1 aromatic heterocycles. The number of anilines is 2. The molecule has 0 unspecified atom stereocenters. The quantitative estimate of drug-likeness (QED) is 0.873. The van der Waals surface area contributed by atoms with Crippen LogP contribution in [0.2, 0.25) is 0 Å². The van der Waals surface area contributed by atoms with Crippen LogP contribution in [-0.4, -0.2) is 23.6 Å². The second kappa shape index (κ2) is 3.87. The highest BCUT2D eigenvalue weighted by Crippen LogP contribution is 2.31. The third kappa shape index (κ3) is 2.02. The van der Waals surface area contributed by atoms with Crippen molar-refractivity contribution in [3.63, 3.8) is 0 Å². The lowest BCUT2D eigenvalue weighted by Gasteiger charge is -2.19. The molecule has 1 fully saturated rings. The van der Waals surface area contributed by atoms with Gasteiger partial charge >= 0.3 is 0 Å². The van der Waals surface area contributed by atoms with E-state index >= 15 is 0 Å². The Morgan fingerprint density at radius 1 is 1.24 bits per heavy atom. The number of para-hydroxylation sites is 2. The van der Waals surface area contributed by atoms with Crippen LogP contribution in [0.25, 0.3) is 11.0 Å². The average molecular weight is 228 g/mol. The fourth-order valence-corrected chi connectivity index (χ4v) is 2.06. The number of benzene rings is 1. The highest BCUT2D eigenvalue weighted by molar-refractivity contribution is 5.79. The van der Waals surface area contributed by atoms with Crippen LogP contribution in [0.15, 0.2) is 24.3 Å². The maximum Gasteiger partial charge on any atom is 0.171 e. The Kier molecular flexibility index (Phi) is 2.35. The lowest BCUT2D eigenvalue weighted by atomic mass is 10.3. The van der Waals surface area contributed by atoms with E-state index < -0.39 is 0 Å². The van der Waals surface area contributed by atoms with Crippen LogP contribution in [0.3, 0.4) is 0 Å². The van der Waals surface area contributed by atoms with Crippen LogP contribution >= 0.6 is 0 Å². The number of hydrogen-bond donors (Lipinski definition) is 1. The normalized spacial score (nSPS) is 15.1. The van der Waals surface area contributed by atoms with Crippen LogP contribution in [0.1, 0.15) is 12.8 Å². The molecular formula is C13H16N4. The van der Waals surface area contributed by atoms with Gasteiger partial charge in [-0.15, -0.1) is 0 Å². The lowest BCUT2D eigenvalue weighted by Crippen LogP contribution is -2.22. The van der Waals surface area contributed by atoms with Crippen molar-refractivity contribution in [3.8, 4) is 0 Å². The van der Waals surface area contributed by atoms with Crippen LogP contribution in [0.4, 0.5) is 11.6 Å². The summed E-state index contributed by atoms with van der Waals surface area (Å²) in [6.45, 7) is 1.03. The van der Waals surface area contributed by atoms with Gasteiger partial charge in [-0.1, -0.05) is 12.1 Å². The van der Waals surface area contributed by atoms with Crippen molar-refractivity contribution in [2.45, 2.75) is 12.8 Å². The molecule has 3 rings (SSSR count). The van der Waals surface area contributed by atoms with E-state index in [2.05, 4.69) is 14.9 Å².